The molecule has 2 heterocycles. The first-order valence-corrected chi connectivity index (χ1v) is 9.17. The Kier molecular flexibility index (Phi) is 5.93. The number of nitrogens with two attached hydrogens (primary N) is 1. The number of anilines is 3. The molecule has 4 N–H and O–H groups in total. The van der Waals surface area contributed by atoms with E-state index in [0.717, 1.165) is 22.5 Å². The lowest BCUT2D eigenvalue weighted by Crippen LogP contribution is -2.15. The number of aryl methyl sites for hydroxylation is 2. The quantitative estimate of drug-likeness (QED) is 0.541. The van der Waals surface area contributed by atoms with Gasteiger partial charge in [0.15, 0.2) is 0 Å². The Morgan fingerprint density at radius 3 is 2.54 bits per heavy atom. The van der Waals surface area contributed by atoms with E-state index in [1.54, 1.807) is 13.3 Å². The summed E-state index contributed by atoms with van der Waals surface area (Å²) >= 11 is 0. The fraction of sp³-hybridized carbons (Fsp3) is 0.286. The first-order valence-electron chi connectivity index (χ1n) is 9.17. The molecule has 3 aromatic rings. The molecule has 0 fully saturated rings. The van der Waals surface area contributed by atoms with Crippen molar-refractivity contribution in [3.63, 3.8) is 0 Å². The van der Waals surface area contributed by atoms with Crippen molar-refractivity contribution in [3.8, 4) is 17.1 Å². The largest absolute Gasteiger partial charge is 0.481 e. The minimum absolute atomic E-state index is 0.254. The molecule has 146 valence electrons. The Hall–Kier alpha value is -3.35. The third-order valence-corrected chi connectivity index (χ3v) is 4.67. The van der Waals surface area contributed by atoms with E-state index in [9.17, 15) is 0 Å². The van der Waals surface area contributed by atoms with E-state index in [-0.39, 0.29) is 5.95 Å². The molecule has 3 rings (SSSR count). The van der Waals surface area contributed by atoms with Gasteiger partial charge in [-0.15, -0.1) is 0 Å². The van der Waals surface area contributed by atoms with Crippen molar-refractivity contribution in [2.75, 3.05) is 36.6 Å². The molecule has 0 aliphatic heterocycles. The molecule has 0 atom stereocenters. The topological polar surface area (TPSA) is 98.0 Å². The monoisotopic (exact) mass is 378 g/mol. The minimum Gasteiger partial charge on any atom is -0.481 e. The molecule has 2 aromatic heterocycles. The zero-order valence-electron chi connectivity index (χ0n) is 16.7. The maximum atomic E-state index is 5.93. The number of nitrogens with zero attached hydrogens (tertiary/aromatic N) is 3. The number of hydrogen-bond acceptors (Lipinski definition) is 7. The van der Waals surface area contributed by atoms with Crippen molar-refractivity contribution >= 4 is 17.5 Å². The SMILES string of the molecule is COc1cc(C)c(NCCNc2cc(-c3cccc(C)c3C)nc(N)n2)cn1. The van der Waals surface area contributed by atoms with Gasteiger partial charge in [-0.1, -0.05) is 18.2 Å². The molecule has 0 saturated carbocycles. The van der Waals surface area contributed by atoms with Crippen molar-refractivity contribution in [1.29, 1.82) is 0 Å². The average Bonchev–Trinajstić information content (AvgIpc) is 2.68. The van der Waals surface area contributed by atoms with Crippen molar-refractivity contribution < 1.29 is 4.74 Å². The third-order valence-electron chi connectivity index (χ3n) is 4.67. The highest BCUT2D eigenvalue weighted by Gasteiger charge is 2.09. The molecule has 7 nitrogen and oxygen atoms in total. The summed E-state index contributed by atoms with van der Waals surface area (Å²) < 4.78 is 5.13. The third kappa shape index (κ3) is 4.49. The zero-order valence-corrected chi connectivity index (χ0v) is 16.7. The standard InChI is InChI=1S/C21H26N6O/c1-13-6-5-7-16(15(13)3)17-11-19(27-21(22)26-17)24-9-8-23-18-12-25-20(28-4)10-14(18)2/h5-7,10-12,23H,8-9H2,1-4H3,(H3,22,24,26,27). The minimum atomic E-state index is 0.254. The van der Waals surface area contributed by atoms with Gasteiger partial charge in [-0.2, -0.15) is 4.98 Å². The number of nitrogen functional groups attached to an aromatic ring is 1. The van der Waals surface area contributed by atoms with Gasteiger partial charge in [0.1, 0.15) is 5.82 Å². The van der Waals surface area contributed by atoms with Crippen LogP contribution in [0.5, 0.6) is 5.88 Å². The summed E-state index contributed by atoms with van der Waals surface area (Å²) in [5, 5.41) is 6.66. The first kappa shape index (κ1) is 19.4. The van der Waals surface area contributed by atoms with Crippen LogP contribution in [0.3, 0.4) is 0 Å². The van der Waals surface area contributed by atoms with Gasteiger partial charge in [-0.05, 0) is 37.5 Å². The van der Waals surface area contributed by atoms with Crippen LogP contribution in [0.15, 0.2) is 36.5 Å². The van der Waals surface area contributed by atoms with Gasteiger partial charge < -0.3 is 21.1 Å². The second-order valence-corrected chi connectivity index (χ2v) is 6.64. The van der Waals surface area contributed by atoms with Crippen LogP contribution in [0.2, 0.25) is 0 Å². The van der Waals surface area contributed by atoms with Crippen LogP contribution in [0.1, 0.15) is 16.7 Å². The van der Waals surface area contributed by atoms with Crippen LogP contribution in [0.25, 0.3) is 11.3 Å². The number of ether oxygens (including phenoxy) is 1. The molecular formula is C21H26N6O. The van der Waals surface area contributed by atoms with E-state index < -0.39 is 0 Å². The Balaban J connectivity index is 1.65. The number of rotatable bonds is 7. The fourth-order valence-electron chi connectivity index (χ4n) is 2.94. The number of aromatic nitrogens is 3. The molecule has 0 aliphatic carbocycles. The van der Waals surface area contributed by atoms with Gasteiger partial charge in [0.2, 0.25) is 11.8 Å². The van der Waals surface area contributed by atoms with E-state index in [1.807, 2.05) is 25.1 Å². The smallest absolute Gasteiger partial charge is 0.222 e. The second kappa shape index (κ2) is 8.56. The molecule has 28 heavy (non-hydrogen) atoms. The Labute approximate surface area is 165 Å². The maximum absolute atomic E-state index is 5.93. The van der Waals surface area contributed by atoms with Crippen molar-refractivity contribution in [2.24, 2.45) is 0 Å². The van der Waals surface area contributed by atoms with Crippen LogP contribution in [0.4, 0.5) is 17.5 Å². The van der Waals surface area contributed by atoms with Crippen molar-refractivity contribution in [1.82, 2.24) is 15.0 Å². The van der Waals surface area contributed by atoms with Gasteiger partial charge in [0.05, 0.1) is 24.7 Å². The molecule has 1 aromatic carbocycles. The number of methoxy groups -OCH3 is 1. The molecule has 0 spiro atoms. The van der Waals surface area contributed by atoms with Gasteiger partial charge in [0, 0.05) is 30.8 Å². The number of benzene rings is 1. The molecule has 0 unspecified atom stereocenters. The summed E-state index contributed by atoms with van der Waals surface area (Å²) in [6.07, 6.45) is 1.77. The van der Waals surface area contributed by atoms with E-state index in [4.69, 9.17) is 10.5 Å². The van der Waals surface area contributed by atoms with Crippen LogP contribution in [-0.2, 0) is 0 Å². The van der Waals surface area contributed by atoms with E-state index >= 15 is 0 Å². The predicted octanol–water partition coefficient (Wildman–Crippen LogP) is 3.58. The summed E-state index contributed by atoms with van der Waals surface area (Å²) in [6, 6.07) is 9.99. The summed E-state index contributed by atoms with van der Waals surface area (Å²) in [5.74, 6) is 1.57. The van der Waals surface area contributed by atoms with Gasteiger partial charge in [-0.25, -0.2) is 9.97 Å². The Bertz CT molecular complexity index is 973. The summed E-state index contributed by atoms with van der Waals surface area (Å²) in [4.78, 5) is 12.9. The lowest BCUT2D eigenvalue weighted by atomic mass is 10.0. The van der Waals surface area contributed by atoms with Crippen molar-refractivity contribution in [2.45, 2.75) is 20.8 Å². The summed E-state index contributed by atoms with van der Waals surface area (Å²) in [7, 11) is 1.61. The lowest BCUT2D eigenvalue weighted by molar-refractivity contribution is 0.397. The first-order chi connectivity index (χ1) is 13.5. The highest BCUT2D eigenvalue weighted by molar-refractivity contribution is 5.68. The highest BCUT2D eigenvalue weighted by Crippen LogP contribution is 2.26. The Morgan fingerprint density at radius 1 is 1.00 bits per heavy atom. The molecule has 0 amide bonds. The van der Waals surface area contributed by atoms with Gasteiger partial charge >= 0.3 is 0 Å². The van der Waals surface area contributed by atoms with Crippen LogP contribution < -0.4 is 21.1 Å². The second-order valence-electron chi connectivity index (χ2n) is 6.64. The highest BCUT2D eigenvalue weighted by atomic mass is 16.5. The summed E-state index contributed by atoms with van der Waals surface area (Å²) in [5.41, 5.74) is 12.3. The number of hydrogen-bond donors (Lipinski definition) is 3. The van der Waals surface area contributed by atoms with Gasteiger partial charge in [-0.3, -0.25) is 0 Å². The van der Waals surface area contributed by atoms with Crippen LogP contribution >= 0.6 is 0 Å². The van der Waals surface area contributed by atoms with E-state index in [1.165, 1.54) is 11.1 Å². The molecular weight excluding hydrogens is 352 g/mol. The lowest BCUT2D eigenvalue weighted by Gasteiger charge is -2.13. The zero-order chi connectivity index (χ0) is 20.1. The van der Waals surface area contributed by atoms with Crippen molar-refractivity contribution in [3.05, 3.63) is 53.2 Å². The number of pyridine rings is 1. The molecule has 0 aliphatic rings. The molecule has 0 bridgehead atoms. The maximum Gasteiger partial charge on any atom is 0.222 e. The molecule has 0 radical (unpaired) electrons. The Morgan fingerprint density at radius 2 is 1.79 bits per heavy atom. The average molecular weight is 378 g/mol. The van der Waals surface area contributed by atoms with Crippen LogP contribution in [-0.4, -0.2) is 35.2 Å². The summed E-state index contributed by atoms with van der Waals surface area (Å²) in [6.45, 7) is 7.57. The van der Waals surface area contributed by atoms with E-state index in [2.05, 4.69) is 51.6 Å². The number of nitrogens with one attached hydrogen (secondary N) is 2. The normalized spacial score (nSPS) is 10.6. The molecule has 7 heteroatoms. The fourth-order valence-corrected chi connectivity index (χ4v) is 2.94. The van der Waals surface area contributed by atoms with Gasteiger partial charge in [0.25, 0.3) is 0 Å². The predicted molar refractivity (Wildman–Crippen MR) is 114 cm³/mol. The van der Waals surface area contributed by atoms with E-state index in [0.29, 0.717) is 24.8 Å². The molecule has 0 saturated heterocycles. The van der Waals surface area contributed by atoms with Crippen LogP contribution in [0, 0.1) is 20.8 Å².